The molecule has 0 bridgehead atoms. The van der Waals surface area contributed by atoms with Crippen molar-refractivity contribution in [2.75, 3.05) is 0 Å². The minimum atomic E-state index is -0.862. The average molecular weight is 393 g/mol. The van der Waals surface area contributed by atoms with Gasteiger partial charge in [0.1, 0.15) is 5.60 Å². The number of hydrogen-bond acceptors (Lipinski definition) is 2. The molecule has 0 aromatic heterocycles. The van der Waals surface area contributed by atoms with Gasteiger partial charge in [0.15, 0.2) is 0 Å². The maximum atomic E-state index is 11.7. The average Bonchev–Trinajstić information content (AvgIpc) is 2.99. The maximum absolute atomic E-state index is 11.7. The first kappa shape index (κ1) is 19.7. The van der Waals surface area contributed by atoms with Crippen LogP contribution in [0.2, 0.25) is 0 Å². The predicted octanol–water partition coefficient (Wildman–Crippen LogP) is 5.17. The van der Waals surface area contributed by atoms with Gasteiger partial charge in [0, 0.05) is 11.0 Å². The lowest BCUT2D eigenvalue weighted by Gasteiger charge is -2.61. The zero-order valence-electron chi connectivity index (χ0n) is 18.0. The third-order valence-electron chi connectivity index (χ3n) is 9.98. The van der Waals surface area contributed by atoms with Gasteiger partial charge in [-0.05, 0) is 99.0 Å². The molecular formula is C27H36O2. The van der Waals surface area contributed by atoms with Crippen molar-refractivity contribution in [2.24, 2.45) is 34.5 Å². The molecule has 1 aromatic rings. The number of rotatable bonds is 0. The van der Waals surface area contributed by atoms with Crippen LogP contribution in [0.5, 0.6) is 0 Å². The molecule has 0 spiro atoms. The van der Waals surface area contributed by atoms with Gasteiger partial charge in [0.05, 0.1) is 6.10 Å². The second-order valence-electron chi connectivity index (χ2n) is 11.1. The molecule has 4 saturated carbocycles. The fraction of sp³-hybridized carbons (Fsp3) is 0.704. The first-order valence-electron chi connectivity index (χ1n) is 11.8. The Morgan fingerprint density at radius 3 is 2.45 bits per heavy atom. The van der Waals surface area contributed by atoms with Crippen LogP contribution in [0.25, 0.3) is 0 Å². The standard InChI is InChI=1S/C27H36O2/c1-25-14-11-21(28)18-20(25)8-9-22-23(25)12-15-26(2)24(22)13-17-27(26,29)16-10-19-6-4-3-5-7-19/h3-7,20-24,28-29H,8-9,11-15,17-18H2,1-2H3/t20-,21-,22-,23-,24+,25+,26-,27-/m0/s1. The molecule has 0 heterocycles. The Hall–Kier alpha value is -1.30. The van der Waals surface area contributed by atoms with Gasteiger partial charge in [0.2, 0.25) is 0 Å². The van der Waals surface area contributed by atoms with E-state index in [1.165, 1.54) is 25.7 Å². The molecule has 156 valence electrons. The highest BCUT2D eigenvalue weighted by Crippen LogP contribution is 2.68. The van der Waals surface area contributed by atoms with E-state index in [4.69, 9.17) is 0 Å². The first-order valence-corrected chi connectivity index (χ1v) is 11.8. The van der Waals surface area contributed by atoms with Gasteiger partial charge >= 0.3 is 0 Å². The second-order valence-corrected chi connectivity index (χ2v) is 11.1. The van der Waals surface area contributed by atoms with Gasteiger partial charge in [-0.1, -0.05) is 43.9 Å². The summed E-state index contributed by atoms with van der Waals surface area (Å²) in [6.45, 7) is 4.86. The normalized spacial score (nSPS) is 48.6. The summed E-state index contributed by atoms with van der Waals surface area (Å²) >= 11 is 0. The molecule has 8 atom stereocenters. The lowest BCUT2D eigenvalue weighted by molar-refractivity contribution is -0.144. The Morgan fingerprint density at radius 1 is 0.897 bits per heavy atom. The number of aliphatic hydroxyl groups is 2. The van der Waals surface area contributed by atoms with Gasteiger partial charge in [-0.2, -0.15) is 0 Å². The van der Waals surface area contributed by atoms with E-state index in [2.05, 4.69) is 25.7 Å². The molecule has 4 fully saturated rings. The minimum Gasteiger partial charge on any atom is -0.393 e. The lowest BCUT2D eigenvalue weighted by atomic mass is 9.44. The number of hydrogen-bond donors (Lipinski definition) is 2. The van der Waals surface area contributed by atoms with Crippen LogP contribution in [0.1, 0.15) is 77.2 Å². The predicted molar refractivity (Wildman–Crippen MR) is 116 cm³/mol. The fourth-order valence-electron chi connectivity index (χ4n) is 8.15. The maximum Gasteiger partial charge on any atom is 0.131 e. The van der Waals surface area contributed by atoms with Crippen molar-refractivity contribution in [3.8, 4) is 11.8 Å². The van der Waals surface area contributed by atoms with E-state index in [9.17, 15) is 10.2 Å². The Balaban J connectivity index is 1.42. The SMILES string of the molecule is C[C@@]12CC[C@H](O)C[C@@H]1CC[C@@H]1[C@H]3CC[C@@](O)(C#Cc4ccccc4)[C@@]3(C)CC[C@@H]12. The van der Waals surface area contributed by atoms with Crippen molar-refractivity contribution in [1.29, 1.82) is 0 Å². The highest BCUT2D eigenvalue weighted by Gasteiger charge is 2.64. The van der Waals surface area contributed by atoms with Gasteiger partial charge in [-0.25, -0.2) is 0 Å². The Bertz CT molecular complexity index is 822. The first-order chi connectivity index (χ1) is 13.9. The molecule has 5 rings (SSSR count). The van der Waals surface area contributed by atoms with Crippen molar-refractivity contribution in [3.63, 3.8) is 0 Å². The van der Waals surface area contributed by atoms with Crippen molar-refractivity contribution in [1.82, 2.24) is 0 Å². The van der Waals surface area contributed by atoms with Crippen LogP contribution < -0.4 is 0 Å². The van der Waals surface area contributed by atoms with Crippen LogP contribution >= 0.6 is 0 Å². The zero-order chi connectivity index (χ0) is 20.3. The van der Waals surface area contributed by atoms with Gasteiger partial charge in [0.25, 0.3) is 0 Å². The minimum absolute atomic E-state index is 0.0803. The molecule has 29 heavy (non-hydrogen) atoms. The van der Waals surface area contributed by atoms with Crippen LogP contribution in [0.4, 0.5) is 0 Å². The lowest BCUT2D eigenvalue weighted by Crippen LogP contribution is -2.56. The van der Waals surface area contributed by atoms with Crippen molar-refractivity contribution in [2.45, 2.75) is 83.3 Å². The summed E-state index contributed by atoms with van der Waals surface area (Å²) in [6, 6.07) is 10.1. The molecule has 2 N–H and O–H groups in total. The highest BCUT2D eigenvalue weighted by molar-refractivity contribution is 5.38. The monoisotopic (exact) mass is 392 g/mol. The molecule has 0 aliphatic heterocycles. The summed E-state index contributed by atoms with van der Waals surface area (Å²) in [5.74, 6) is 9.40. The fourth-order valence-corrected chi connectivity index (χ4v) is 8.15. The molecule has 0 unspecified atom stereocenters. The van der Waals surface area contributed by atoms with E-state index in [1.807, 2.05) is 30.3 Å². The summed E-state index contributed by atoms with van der Waals surface area (Å²) in [6.07, 6.45) is 9.86. The van der Waals surface area contributed by atoms with E-state index in [0.29, 0.717) is 17.3 Å². The van der Waals surface area contributed by atoms with E-state index in [1.54, 1.807) is 0 Å². The molecule has 4 aliphatic rings. The Kier molecular flexibility index (Phi) is 4.65. The third kappa shape index (κ3) is 2.92. The van der Waals surface area contributed by atoms with Gasteiger partial charge in [-0.3, -0.25) is 0 Å². The third-order valence-corrected chi connectivity index (χ3v) is 9.98. The summed E-state index contributed by atoms with van der Waals surface area (Å²) in [7, 11) is 0. The molecule has 0 amide bonds. The number of benzene rings is 1. The molecular weight excluding hydrogens is 356 g/mol. The Labute approximate surface area is 176 Å². The van der Waals surface area contributed by atoms with Crippen LogP contribution in [0.15, 0.2) is 30.3 Å². The van der Waals surface area contributed by atoms with E-state index in [0.717, 1.165) is 49.5 Å². The van der Waals surface area contributed by atoms with Crippen LogP contribution in [0.3, 0.4) is 0 Å². The zero-order valence-corrected chi connectivity index (χ0v) is 18.0. The van der Waals surface area contributed by atoms with E-state index in [-0.39, 0.29) is 11.5 Å². The van der Waals surface area contributed by atoms with Crippen LogP contribution in [-0.2, 0) is 0 Å². The van der Waals surface area contributed by atoms with Crippen molar-refractivity contribution in [3.05, 3.63) is 35.9 Å². The van der Waals surface area contributed by atoms with E-state index < -0.39 is 5.60 Å². The summed E-state index contributed by atoms with van der Waals surface area (Å²) in [5, 5.41) is 21.9. The molecule has 0 radical (unpaired) electrons. The molecule has 1 aromatic carbocycles. The molecule has 2 heteroatoms. The second kappa shape index (κ2) is 6.86. The Morgan fingerprint density at radius 2 is 1.66 bits per heavy atom. The molecule has 4 aliphatic carbocycles. The van der Waals surface area contributed by atoms with Crippen LogP contribution in [-0.4, -0.2) is 21.9 Å². The topological polar surface area (TPSA) is 40.5 Å². The van der Waals surface area contributed by atoms with E-state index >= 15 is 0 Å². The number of aliphatic hydroxyl groups excluding tert-OH is 1. The number of fused-ring (bicyclic) bond motifs is 5. The quantitative estimate of drug-likeness (QED) is 0.598. The van der Waals surface area contributed by atoms with Crippen molar-refractivity contribution < 1.29 is 10.2 Å². The molecule has 2 nitrogen and oxygen atoms in total. The summed E-state index contributed by atoms with van der Waals surface area (Å²) in [5.41, 5.74) is 0.433. The van der Waals surface area contributed by atoms with Gasteiger partial charge in [-0.15, -0.1) is 0 Å². The summed E-state index contributed by atoms with van der Waals surface area (Å²) in [4.78, 5) is 0. The highest BCUT2D eigenvalue weighted by atomic mass is 16.3. The van der Waals surface area contributed by atoms with Gasteiger partial charge < -0.3 is 10.2 Å². The summed E-state index contributed by atoms with van der Waals surface area (Å²) < 4.78 is 0. The molecule has 0 saturated heterocycles. The van der Waals surface area contributed by atoms with Crippen LogP contribution in [0, 0.1) is 46.3 Å². The van der Waals surface area contributed by atoms with Crippen molar-refractivity contribution >= 4 is 0 Å². The smallest absolute Gasteiger partial charge is 0.131 e. The largest absolute Gasteiger partial charge is 0.393 e.